The van der Waals surface area contributed by atoms with Crippen LogP contribution < -0.4 is 0 Å². The van der Waals surface area contributed by atoms with Crippen molar-refractivity contribution in [2.75, 3.05) is 0 Å². The van der Waals surface area contributed by atoms with Crippen LogP contribution >= 0.6 is 0 Å². The van der Waals surface area contributed by atoms with Gasteiger partial charge in [0.15, 0.2) is 0 Å². The van der Waals surface area contributed by atoms with E-state index in [9.17, 15) is 0 Å². The molecule has 2 heteroatoms. The molecular formula is C23H20N2. The summed E-state index contributed by atoms with van der Waals surface area (Å²) >= 11 is 0. The first kappa shape index (κ1) is 14.5. The smallest absolute Gasteiger partial charge is 0.146 e. The van der Waals surface area contributed by atoms with E-state index in [0.717, 1.165) is 11.2 Å². The molecule has 122 valence electrons. The zero-order valence-corrected chi connectivity index (χ0v) is 14.7. The summed E-state index contributed by atoms with van der Waals surface area (Å²) in [7, 11) is 0. The first-order valence-electron chi connectivity index (χ1n) is 8.76. The van der Waals surface area contributed by atoms with Crippen LogP contribution in [0.25, 0.3) is 38.4 Å². The molecule has 0 saturated heterocycles. The van der Waals surface area contributed by atoms with Gasteiger partial charge in [-0.1, -0.05) is 69.3 Å². The maximum Gasteiger partial charge on any atom is 0.146 e. The Morgan fingerprint density at radius 3 is 2.16 bits per heavy atom. The van der Waals surface area contributed by atoms with E-state index in [-0.39, 0.29) is 5.41 Å². The molecular weight excluding hydrogens is 304 g/mol. The largest absolute Gasteiger partial charge is 0.292 e. The predicted octanol–water partition coefficient (Wildman–Crippen LogP) is 6.09. The molecule has 0 spiro atoms. The van der Waals surface area contributed by atoms with E-state index in [1.165, 1.54) is 32.8 Å². The first-order chi connectivity index (χ1) is 12.0. The van der Waals surface area contributed by atoms with E-state index in [0.29, 0.717) is 0 Å². The number of hydrogen-bond donors (Lipinski definition) is 0. The van der Waals surface area contributed by atoms with Gasteiger partial charge in [0.2, 0.25) is 0 Å². The van der Waals surface area contributed by atoms with Gasteiger partial charge in [-0.3, -0.25) is 4.40 Å². The molecule has 0 radical (unpaired) electrons. The minimum Gasteiger partial charge on any atom is -0.292 e. The Hall–Kier alpha value is -2.87. The molecule has 0 unspecified atom stereocenters. The van der Waals surface area contributed by atoms with Gasteiger partial charge in [0.05, 0.1) is 16.6 Å². The van der Waals surface area contributed by atoms with Crippen LogP contribution in [0.15, 0.2) is 66.7 Å². The van der Waals surface area contributed by atoms with Crippen molar-refractivity contribution < 1.29 is 0 Å². The first-order valence-corrected chi connectivity index (χ1v) is 8.76. The van der Waals surface area contributed by atoms with Crippen LogP contribution in [0.5, 0.6) is 0 Å². The zero-order chi connectivity index (χ0) is 17.2. The van der Waals surface area contributed by atoms with Crippen LogP contribution in [-0.2, 0) is 5.41 Å². The van der Waals surface area contributed by atoms with Gasteiger partial charge >= 0.3 is 0 Å². The minimum atomic E-state index is 0.116. The van der Waals surface area contributed by atoms with Crippen LogP contribution in [-0.4, -0.2) is 9.38 Å². The molecule has 5 rings (SSSR count). The van der Waals surface area contributed by atoms with Crippen molar-refractivity contribution in [1.29, 1.82) is 0 Å². The van der Waals surface area contributed by atoms with E-state index in [2.05, 4.69) is 91.9 Å². The summed E-state index contributed by atoms with van der Waals surface area (Å²) in [6.45, 7) is 6.76. The van der Waals surface area contributed by atoms with E-state index < -0.39 is 0 Å². The third-order valence-corrected chi connectivity index (χ3v) is 5.12. The quantitative estimate of drug-likeness (QED) is 0.315. The molecule has 5 aromatic rings. The average molecular weight is 324 g/mol. The van der Waals surface area contributed by atoms with Crippen LogP contribution in [0.2, 0.25) is 0 Å². The van der Waals surface area contributed by atoms with Crippen molar-refractivity contribution in [1.82, 2.24) is 9.38 Å². The number of pyridine rings is 1. The highest BCUT2D eigenvalue weighted by Crippen LogP contribution is 2.33. The van der Waals surface area contributed by atoms with Crippen molar-refractivity contribution in [2.24, 2.45) is 0 Å². The topological polar surface area (TPSA) is 17.3 Å². The van der Waals surface area contributed by atoms with Crippen molar-refractivity contribution in [3.8, 4) is 0 Å². The zero-order valence-electron chi connectivity index (χ0n) is 14.7. The van der Waals surface area contributed by atoms with Crippen molar-refractivity contribution in [2.45, 2.75) is 26.2 Å². The Bertz CT molecular complexity index is 1270. The molecule has 2 aromatic heterocycles. The van der Waals surface area contributed by atoms with Gasteiger partial charge in [-0.2, -0.15) is 0 Å². The van der Waals surface area contributed by atoms with Crippen LogP contribution in [0, 0.1) is 0 Å². The summed E-state index contributed by atoms with van der Waals surface area (Å²) in [5.74, 6) is 0. The number of hydrogen-bond acceptors (Lipinski definition) is 1. The lowest BCUT2D eigenvalue weighted by Crippen LogP contribution is -2.10. The van der Waals surface area contributed by atoms with Gasteiger partial charge < -0.3 is 0 Å². The Morgan fingerprint density at radius 1 is 0.720 bits per heavy atom. The molecule has 0 bridgehead atoms. The van der Waals surface area contributed by atoms with Crippen molar-refractivity contribution in [3.05, 3.63) is 72.3 Å². The minimum absolute atomic E-state index is 0.116. The molecule has 2 heterocycles. The number of nitrogens with zero attached hydrogens (tertiary/aromatic N) is 2. The van der Waals surface area contributed by atoms with Gasteiger partial charge in [0.25, 0.3) is 0 Å². The van der Waals surface area contributed by atoms with Crippen molar-refractivity contribution >= 4 is 38.4 Å². The van der Waals surface area contributed by atoms with Gasteiger partial charge in [-0.25, -0.2) is 4.98 Å². The highest BCUT2D eigenvalue weighted by molar-refractivity contribution is 6.13. The van der Waals surface area contributed by atoms with Gasteiger partial charge in [0.1, 0.15) is 5.65 Å². The summed E-state index contributed by atoms with van der Waals surface area (Å²) in [4.78, 5) is 4.98. The molecule has 25 heavy (non-hydrogen) atoms. The van der Waals surface area contributed by atoms with Crippen LogP contribution in [0.4, 0.5) is 0 Å². The highest BCUT2D eigenvalue weighted by atomic mass is 15.0. The fraction of sp³-hybridized carbons (Fsp3) is 0.174. The molecule has 0 saturated carbocycles. The second-order valence-corrected chi connectivity index (χ2v) is 7.79. The Kier molecular flexibility index (Phi) is 2.79. The predicted molar refractivity (Wildman–Crippen MR) is 106 cm³/mol. The lowest BCUT2D eigenvalue weighted by atomic mass is 9.87. The number of benzene rings is 3. The highest BCUT2D eigenvalue weighted by Gasteiger charge is 2.17. The van der Waals surface area contributed by atoms with Crippen LogP contribution in [0.1, 0.15) is 26.3 Å². The van der Waals surface area contributed by atoms with E-state index in [4.69, 9.17) is 4.98 Å². The van der Waals surface area contributed by atoms with Crippen molar-refractivity contribution in [3.63, 3.8) is 0 Å². The third kappa shape index (κ3) is 2.00. The summed E-state index contributed by atoms with van der Waals surface area (Å²) < 4.78 is 2.32. The molecule has 0 aliphatic heterocycles. The second kappa shape index (κ2) is 4.82. The van der Waals surface area contributed by atoms with Gasteiger partial charge in [-0.05, 0) is 34.6 Å². The van der Waals surface area contributed by atoms with E-state index in [1.807, 2.05) is 0 Å². The Labute approximate surface area is 146 Å². The molecule has 2 nitrogen and oxygen atoms in total. The fourth-order valence-corrected chi connectivity index (χ4v) is 3.78. The molecule has 0 amide bonds. The fourth-order valence-electron chi connectivity index (χ4n) is 3.78. The Morgan fingerprint density at radius 2 is 1.40 bits per heavy atom. The number of rotatable bonds is 0. The van der Waals surface area contributed by atoms with Crippen LogP contribution in [0.3, 0.4) is 0 Å². The van der Waals surface area contributed by atoms with Gasteiger partial charge in [0, 0.05) is 10.8 Å². The summed E-state index contributed by atoms with van der Waals surface area (Å²) in [6, 6.07) is 23.8. The SMILES string of the molecule is CC(C)(C)c1ccc2nc3c4ccccc4c4ccccc4n3c2c1. The molecule has 3 aromatic carbocycles. The summed E-state index contributed by atoms with van der Waals surface area (Å²) in [5, 5.41) is 3.73. The third-order valence-electron chi connectivity index (χ3n) is 5.12. The number of aromatic nitrogens is 2. The summed E-state index contributed by atoms with van der Waals surface area (Å²) in [6.07, 6.45) is 0. The number of imidazole rings is 1. The number of fused-ring (bicyclic) bond motifs is 8. The maximum absolute atomic E-state index is 4.98. The standard InChI is InChI=1S/C23H20N2/c1-23(2,3)15-12-13-19-21(14-15)25-20-11-7-6-9-17(20)16-8-4-5-10-18(16)22(25)24-19/h4-14H,1-3H3. The maximum atomic E-state index is 4.98. The van der Waals surface area contributed by atoms with E-state index in [1.54, 1.807) is 0 Å². The molecule has 0 N–H and O–H groups in total. The number of para-hydroxylation sites is 1. The molecule has 0 atom stereocenters. The summed E-state index contributed by atoms with van der Waals surface area (Å²) in [5.41, 5.74) is 5.93. The van der Waals surface area contributed by atoms with E-state index >= 15 is 0 Å². The average Bonchev–Trinajstić information content (AvgIpc) is 3.00. The molecule has 0 aliphatic carbocycles. The van der Waals surface area contributed by atoms with Gasteiger partial charge in [-0.15, -0.1) is 0 Å². The lowest BCUT2D eigenvalue weighted by molar-refractivity contribution is 0.591. The Balaban J connectivity index is 2.08. The monoisotopic (exact) mass is 324 g/mol. The molecule has 0 aliphatic rings. The normalized spacial score (nSPS) is 12.6. The second-order valence-electron chi connectivity index (χ2n) is 7.79. The molecule has 0 fully saturated rings. The lowest BCUT2D eigenvalue weighted by Gasteiger charge is -2.19.